The van der Waals surface area contributed by atoms with Gasteiger partial charge in [0, 0.05) is 49.5 Å². The van der Waals surface area contributed by atoms with Crippen molar-refractivity contribution in [2.45, 2.75) is 39.1 Å². The van der Waals surface area contributed by atoms with Crippen LogP contribution in [-0.4, -0.2) is 47.9 Å². The SMILES string of the molecule is Cc1cc(C(=O)N2CCC3(CC2)OCCO3)cc(C)c1OCc1cccnc1. The third kappa shape index (κ3) is 3.88. The van der Waals surface area contributed by atoms with Gasteiger partial charge in [-0.25, -0.2) is 0 Å². The second kappa shape index (κ2) is 7.89. The minimum atomic E-state index is -0.466. The van der Waals surface area contributed by atoms with Crippen LogP contribution in [0.2, 0.25) is 0 Å². The first-order chi connectivity index (χ1) is 13.6. The van der Waals surface area contributed by atoms with E-state index in [2.05, 4.69) is 4.98 Å². The largest absolute Gasteiger partial charge is 0.488 e. The van der Waals surface area contributed by atoms with Crippen molar-refractivity contribution in [3.05, 3.63) is 58.9 Å². The lowest BCUT2D eigenvalue weighted by atomic mass is 10.0. The van der Waals surface area contributed by atoms with Gasteiger partial charge in [-0.1, -0.05) is 6.07 Å². The average Bonchev–Trinajstić information content (AvgIpc) is 3.16. The van der Waals surface area contributed by atoms with E-state index in [9.17, 15) is 4.79 Å². The molecule has 1 aromatic carbocycles. The van der Waals surface area contributed by atoms with E-state index >= 15 is 0 Å². The highest BCUT2D eigenvalue weighted by molar-refractivity contribution is 5.95. The predicted octanol–water partition coefficient (Wildman–Crippen LogP) is 3.26. The van der Waals surface area contributed by atoms with Crippen molar-refractivity contribution in [2.24, 2.45) is 0 Å². The molecule has 148 valence electrons. The number of hydrogen-bond acceptors (Lipinski definition) is 5. The molecule has 6 heteroatoms. The molecule has 0 unspecified atom stereocenters. The van der Waals surface area contributed by atoms with E-state index in [1.54, 1.807) is 12.4 Å². The van der Waals surface area contributed by atoms with Gasteiger partial charge in [0.15, 0.2) is 5.79 Å². The predicted molar refractivity (Wildman–Crippen MR) is 104 cm³/mol. The van der Waals surface area contributed by atoms with E-state index in [1.807, 2.05) is 43.0 Å². The van der Waals surface area contributed by atoms with Crippen molar-refractivity contribution in [1.29, 1.82) is 0 Å². The van der Waals surface area contributed by atoms with Gasteiger partial charge < -0.3 is 19.1 Å². The lowest BCUT2D eigenvalue weighted by Gasteiger charge is -2.37. The summed E-state index contributed by atoms with van der Waals surface area (Å²) in [5.74, 6) is 0.413. The summed E-state index contributed by atoms with van der Waals surface area (Å²) in [6, 6.07) is 7.71. The number of nitrogens with zero attached hydrogens (tertiary/aromatic N) is 2. The molecule has 2 aliphatic heterocycles. The zero-order valence-corrected chi connectivity index (χ0v) is 16.4. The molecule has 0 bridgehead atoms. The first-order valence-corrected chi connectivity index (χ1v) is 9.76. The minimum Gasteiger partial charge on any atom is -0.488 e. The number of rotatable bonds is 4. The number of likely N-dealkylation sites (tertiary alicyclic amines) is 1. The van der Waals surface area contributed by atoms with Crippen molar-refractivity contribution in [3.63, 3.8) is 0 Å². The van der Waals surface area contributed by atoms with Gasteiger partial charge >= 0.3 is 0 Å². The summed E-state index contributed by atoms with van der Waals surface area (Å²) in [5, 5.41) is 0. The van der Waals surface area contributed by atoms with Gasteiger partial charge in [-0.15, -0.1) is 0 Å². The number of pyridine rings is 1. The second-order valence-corrected chi connectivity index (χ2v) is 7.49. The Labute approximate surface area is 165 Å². The van der Waals surface area contributed by atoms with Gasteiger partial charge in [0.2, 0.25) is 0 Å². The van der Waals surface area contributed by atoms with E-state index in [0.29, 0.717) is 38.5 Å². The molecule has 0 aliphatic carbocycles. The van der Waals surface area contributed by atoms with Crippen LogP contribution in [0.3, 0.4) is 0 Å². The normalized spacial score (nSPS) is 18.4. The highest BCUT2D eigenvalue weighted by atomic mass is 16.7. The van der Waals surface area contributed by atoms with E-state index < -0.39 is 5.79 Å². The third-order valence-corrected chi connectivity index (χ3v) is 5.44. The van der Waals surface area contributed by atoms with Crippen LogP contribution in [-0.2, 0) is 16.1 Å². The summed E-state index contributed by atoms with van der Waals surface area (Å²) in [7, 11) is 0. The first kappa shape index (κ1) is 18.9. The van der Waals surface area contributed by atoms with Gasteiger partial charge in [-0.2, -0.15) is 0 Å². The monoisotopic (exact) mass is 382 g/mol. The fraction of sp³-hybridized carbons (Fsp3) is 0.455. The van der Waals surface area contributed by atoms with Gasteiger partial charge in [0.25, 0.3) is 5.91 Å². The summed E-state index contributed by atoms with van der Waals surface area (Å²) in [5.41, 5.74) is 3.64. The molecule has 2 aromatic rings. The van der Waals surface area contributed by atoms with Crippen LogP contribution in [0.1, 0.15) is 39.9 Å². The molecule has 1 amide bonds. The van der Waals surface area contributed by atoms with Crippen molar-refractivity contribution in [3.8, 4) is 5.75 Å². The van der Waals surface area contributed by atoms with Crippen LogP contribution in [0.25, 0.3) is 0 Å². The van der Waals surface area contributed by atoms with Gasteiger partial charge in [0.05, 0.1) is 13.2 Å². The Balaban J connectivity index is 1.43. The summed E-state index contributed by atoms with van der Waals surface area (Å²) < 4.78 is 17.5. The maximum atomic E-state index is 13.0. The van der Waals surface area contributed by atoms with Gasteiger partial charge in [-0.3, -0.25) is 9.78 Å². The number of carbonyl (C=O) groups is 1. The molecule has 2 aliphatic rings. The molecule has 0 saturated carbocycles. The molecule has 0 radical (unpaired) electrons. The Kier molecular flexibility index (Phi) is 5.33. The smallest absolute Gasteiger partial charge is 0.253 e. The van der Waals surface area contributed by atoms with Crippen LogP contribution in [0.5, 0.6) is 5.75 Å². The summed E-state index contributed by atoms with van der Waals surface area (Å²) in [6.07, 6.45) is 4.99. The van der Waals surface area contributed by atoms with E-state index in [0.717, 1.165) is 35.3 Å². The fourth-order valence-corrected chi connectivity index (χ4v) is 3.96. The molecule has 2 fully saturated rings. The number of ether oxygens (including phenoxy) is 3. The van der Waals surface area contributed by atoms with Crippen LogP contribution in [0.4, 0.5) is 0 Å². The quantitative estimate of drug-likeness (QED) is 0.812. The number of aromatic nitrogens is 1. The zero-order valence-electron chi connectivity index (χ0n) is 16.4. The summed E-state index contributed by atoms with van der Waals surface area (Å²) in [6.45, 7) is 7.00. The van der Waals surface area contributed by atoms with Crippen molar-refractivity contribution >= 4 is 5.91 Å². The first-order valence-electron chi connectivity index (χ1n) is 9.76. The third-order valence-electron chi connectivity index (χ3n) is 5.44. The fourth-order valence-electron chi connectivity index (χ4n) is 3.96. The molecule has 4 rings (SSSR count). The van der Waals surface area contributed by atoms with Crippen LogP contribution >= 0.6 is 0 Å². The zero-order chi connectivity index (χ0) is 19.6. The number of benzene rings is 1. The van der Waals surface area contributed by atoms with Crippen molar-refractivity contribution in [1.82, 2.24) is 9.88 Å². The number of hydrogen-bond donors (Lipinski definition) is 0. The minimum absolute atomic E-state index is 0.0536. The Hall–Kier alpha value is -2.44. The number of aryl methyl sites for hydroxylation is 2. The Morgan fingerprint density at radius 1 is 1.18 bits per heavy atom. The lowest BCUT2D eigenvalue weighted by Crippen LogP contribution is -2.47. The molecule has 3 heterocycles. The van der Waals surface area contributed by atoms with Crippen molar-refractivity contribution in [2.75, 3.05) is 26.3 Å². The van der Waals surface area contributed by atoms with Crippen LogP contribution in [0.15, 0.2) is 36.7 Å². The Bertz CT molecular complexity index is 814. The molecule has 1 spiro atoms. The standard InChI is InChI=1S/C22H26N2O4/c1-16-12-19(13-17(2)20(16)26-15-18-4-3-7-23-14-18)21(25)24-8-5-22(6-9-24)27-10-11-28-22/h3-4,7,12-14H,5-6,8-11,15H2,1-2H3. The number of amides is 1. The topological polar surface area (TPSA) is 60.9 Å². The van der Waals surface area contributed by atoms with E-state index in [1.165, 1.54) is 0 Å². The molecule has 1 aromatic heterocycles. The van der Waals surface area contributed by atoms with Gasteiger partial charge in [0.1, 0.15) is 12.4 Å². The van der Waals surface area contributed by atoms with Crippen LogP contribution < -0.4 is 4.74 Å². The highest BCUT2D eigenvalue weighted by Gasteiger charge is 2.40. The maximum absolute atomic E-state index is 13.0. The molecular weight excluding hydrogens is 356 g/mol. The highest BCUT2D eigenvalue weighted by Crippen LogP contribution is 2.32. The molecule has 0 atom stereocenters. The Morgan fingerprint density at radius 2 is 1.86 bits per heavy atom. The van der Waals surface area contributed by atoms with Crippen molar-refractivity contribution < 1.29 is 19.0 Å². The van der Waals surface area contributed by atoms with Gasteiger partial charge in [-0.05, 0) is 43.2 Å². The van der Waals surface area contributed by atoms with E-state index in [-0.39, 0.29) is 5.91 Å². The second-order valence-electron chi connectivity index (χ2n) is 7.49. The lowest BCUT2D eigenvalue weighted by molar-refractivity contribution is -0.181. The molecule has 2 saturated heterocycles. The average molecular weight is 382 g/mol. The molecular formula is C22H26N2O4. The summed E-state index contributed by atoms with van der Waals surface area (Å²) >= 11 is 0. The maximum Gasteiger partial charge on any atom is 0.253 e. The van der Waals surface area contributed by atoms with Crippen LogP contribution in [0, 0.1) is 13.8 Å². The molecule has 0 N–H and O–H groups in total. The van der Waals surface area contributed by atoms with E-state index in [4.69, 9.17) is 14.2 Å². The number of piperidine rings is 1. The molecule has 28 heavy (non-hydrogen) atoms. The summed E-state index contributed by atoms with van der Waals surface area (Å²) in [4.78, 5) is 19.0. The molecule has 6 nitrogen and oxygen atoms in total. The Morgan fingerprint density at radius 3 is 2.46 bits per heavy atom. The number of carbonyl (C=O) groups excluding carboxylic acids is 1.